The van der Waals surface area contributed by atoms with Gasteiger partial charge in [-0.05, 0) is 38.2 Å². The van der Waals surface area contributed by atoms with Gasteiger partial charge in [-0.25, -0.2) is 0 Å². The van der Waals surface area contributed by atoms with Gasteiger partial charge in [-0.2, -0.15) is 4.98 Å². The minimum absolute atomic E-state index is 0.515. The molecule has 1 aliphatic heterocycles. The highest BCUT2D eigenvalue weighted by molar-refractivity contribution is 6.36. The predicted molar refractivity (Wildman–Crippen MR) is 92.0 cm³/mol. The van der Waals surface area contributed by atoms with E-state index in [-0.39, 0.29) is 0 Å². The van der Waals surface area contributed by atoms with Gasteiger partial charge in [0.15, 0.2) is 0 Å². The zero-order valence-corrected chi connectivity index (χ0v) is 14.6. The zero-order chi connectivity index (χ0) is 16.2. The van der Waals surface area contributed by atoms with Gasteiger partial charge < -0.3 is 14.3 Å². The Balaban J connectivity index is 1.53. The molecular weight excluding hydrogens is 335 g/mol. The predicted octanol–water partition coefficient (Wildman–Crippen LogP) is 3.22. The molecule has 0 bridgehead atoms. The molecule has 0 radical (unpaired) electrons. The summed E-state index contributed by atoms with van der Waals surface area (Å²) in [7, 11) is 2.17. The second-order valence-corrected chi connectivity index (χ2v) is 6.73. The fourth-order valence-corrected chi connectivity index (χ4v) is 3.16. The fraction of sp³-hybridized carbons (Fsp3) is 0.500. The molecule has 0 N–H and O–H groups in total. The summed E-state index contributed by atoms with van der Waals surface area (Å²) in [4.78, 5) is 9.27. The first-order valence-corrected chi connectivity index (χ1v) is 8.56. The van der Waals surface area contributed by atoms with Crippen molar-refractivity contribution < 1.29 is 4.52 Å². The van der Waals surface area contributed by atoms with E-state index in [4.69, 9.17) is 27.7 Å². The van der Waals surface area contributed by atoms with E-state index in [0.29, 0.717) is 21.8 Å². The number of likely N-dealkylation sites (N-methyl/N-ethyl adjacent to an activating group) is 1. The molecule has 2 heterocycles. The van der Waals surface area contributed by atoms with Gasteiger partial charge in [-0.15, -0.1) is 0 Å². The Hall–Kier alpha value is -1.14. The van der Waals surface area contributed by atoms with Crippen LogP contribution in [0, 0.1) is 0 Å². The number of hydrogen-bond acceptors (Lipinski definition) is 5. The lowest BCUT2D eigenvalue weighted by atomic mass is 10.2. The Kier molecular flexibility index (Phi) is 5.54. The van der Waals surface area contributed by atoms with Gasteiger partial charge in [0.25, 0.3) is 0 Å². The molecular formula is C16H20Cl2N4O. The van der Waals surface area contributed by atoms with Crippen molar-refractivity contribution in [2.45, 2.75) is 12.8 Å². The number of aromatic nitrogens is 2. The molecule has 1 aliphatic rings. The van der Waals surface area contributed by atoms with Crippen LogP contribution in [0.3, 0.4) is 0 Å². The Morgan fingerprint density at radius 1 is 1.17 bits per heavy atom. The second-order valence-electron chi connectivity index (χ2n) is 5.88. The van der Waals surface area contributed by atoms with Gasteiger partial charge in [0, 0.05) is 43.2 Å². The smallest absolute Gasteiger partial charge is 0.227 e. The van der Waals surface area contributed by atoms with Crippen molar-refractivity contribution in [3.05, 3.63) is 34.1 Å². The number of rotatable bonds is 5. The van der Waals surface area contributed by atoms with Gasteiger partial charge in [-0.1, -0.05) is 28.4 Å². The van der Waals surface area contributed by atoms with Crippen LogP contribution < -0.4 is 0 Å². The molecule has 0 atom stereocenters. The first-order valence-electron chi connectivity index (χ1n) is 7.81. The van der Waals surface area contributed by atoms with Crippen LogP contribution in [-0.2, 0) is 6.42 Å². The largest absolute Gasteiger partial charge is 0.339 e. The molecule has 0 unspecified atom stereocenters. The molecule has 1 aromatic heterocycles. The molecule has 1 fully saturated rings. The van der Waals surface area contributed by atoms with Crippen molar-refractivity contribution in [1.82, 2.24) is 19.9 Å². The monoisotopic (exact) mass is 354 g/mol. The third-order valence-electron chi connectivity index (χ3n) is 4.10. The summed E-state index contributed by atoms with van der Waals surface area (Å²) in [6.07, 6.45) is 1.80. The van der Waals surface area contributed by atoms with Crippen LogP contribution in [0.1, 0.15) is 12.3 Å². The normalized spacial score (nSPS) is 16.8. The van der Waals surface area contributed by atoms with Gasteiger partial charge in [0.1, 0.15) is 0 Å². The molecule has 23 heavy (non-hydrogen) atoms. The Labute approximate surface area is 146 Å². The lowest BCUT2D eigenvalue weighted by Crippen LogP contribution is -2.44. The number of benzene rings is 1. The van der Waals surface area contributed by atoms with E-state index in [9.17, 15) is 0 Å². The molecule has 0 saturated carbocycles. The van der Waals surface area contributed by atoms with Crippen molar-refractivity contribution in [3.63, 3.8) is 0 Å². The summed E-state index contributed by atoms with van der Waals surface area (Å²) in [6.45, 7) is 5.60. The highest BCUT2D eigenvalue weighted by Gasteiger charge is 2.15. The summed E-state index contributed by atoms with van der Waals surface area (Å²) in [5, 5.41) is 5.14. The van der Waals surface area contributed by atoms with Crippen LogP contribution in [-0.4, -0.2) is 59.7 Å². The van der Waals surface area contributed by atoms with Gasteiger partial charge in [0.05, 0.1) is 5.02 Å². The van der Waals surface area contributed by atoms with E-state index < -0.39 is 0 Å². The number of piperazine rings is 1. The third-order valence-corrected chi connectivity index (χ3v) is 4.65. The summed E-state index contributed by atoms with van der Waals surface area (Å²) >= 11 is 12.1. The first-order chi connectivity index (χ1) is 11.1. The number of nitrogens with zero attached hydrogens (tertiary/aromatic N) is 4. The molecule has 5 nitrogen and oxygen atoms in total. The average molecular weight is 355 g/mol. The van der Waals surface area contributed by atoms with Crippen molar-refractivity contribution in [2.24, 2.45) is 0 Å². The maximum absolute atomic E-state index is 6.17. The summed E-state index contributed by atoms with van der Waals surface area (Å²) in [5.74, 6) is 1.17. The lowest BCUT2D eigenvalue weighted by Gasteiger charge is -2.32. The van der Waals surface area contributed by atoms with Gasteiger partial charge in [0.2, 0.25) is 11.7 Å². The molecule has 7 heteroatoms. The number of hydrogen-bond donors (Lipinski definition) is 0. The highest BCUT2D eigenvalue weighted by Crippen LogP contribution is 2.28. The van der Waals surface area contributed by atoms with Crippen LogP contribution in [0.15, 0.2) is 22.7 Å². The van der Waals surface area contributed by atoms with E-state index in [1.54, 1.807) is 12.1 Å². The molecule has 3 rings (SSSR count). The Bertz CT molecular complexity index is 653. The quantitative estimate of drug-likeness (QED) is 0.824. The van der Waals surface area contributed by atoms with Gasteiger partial charge >= 0.3 is 0 Å². The molecule has 0 spiro atoms. The van der Waals surface area contributed by atoms with Crippen LogP contribution >= 0.6 is 23.2 Å². The summed E-state index contributed by atoms with van der Waals surface area (Å²) in [5.41, 5.74) is 0.741. The topological polar surface area (TPSA) is 45.4 Å². The van der Waals surface area contributed by atoms with E-state index >= 15 is 0 Å². The molecule has 1 aromatic carbocycles. The standard InChI is InChI=1S/C16H20Cl2N4O/c1-21-7-9-22(10-8-21)6-2-3-15-19-16(20-23-15)13-5-4-12(17)11-14(13)18/h4-5,11H,2-3,6-10H2,1H3. The maximum Gasteiger partial charge on any atom is 0.227 e. The van der Waals surface area contributed by atoms with E-state index in [0.717, 1.165) is 51.1 Å². The van der Waals surface area contributed by atoms with Crippen LogP contribution in [0.4, 0.5) is 0 Å². The van der Waals surface area contributed by atoms with Crippen molar-refractivity contribution in [3.8, 4) is 11.4 Å². The van der Waals surface area contributed by atoms with E-state index in [2.05, 4.69) is 27.0 Å². The minimum atomic E-state index is 0.515. The first kappa shape index (κ1) is 16.7. The second kappa shape index (κ2) is 7.62. The van der Waals surface area contributed by atoms with Crippen LogP contribution in [0.5, 0.6) is 0 Å². The van der Waals surface area contributed by atoms with Crippen molar-refractivity contribution >= 4 is 23.2 Å². The van der Waals surface area contributed by atoms with E-state index in [1.165, 1.54) is 0 Å². The number of halogens is 2. The molecule has 2 aromatic rings. The molecule has 1 saturated heterocycles. The van der Waals surface area contributed by atoms with Gasteiger partial charge in [-0.3, -0.25) is 0 Å². The maximum atomic E-state index is 6.17. The Morgan fingerprint density at radius 2 is 1.96 bits per heavy atom. The minimum Gasteiger partial charge on any atom is -0.339 e. The van der Waals surface area contributed by atoms with Crippen LogP contribution in [0.2, 0.25) is 10.0 Å². The molecule has 0 aliphatic carbocycles. The third kappa shape index (κ3) is 4.44. The van der Waals surface area contributed by atoms with E-state index in [1.807, 2.05) is 6.07 Å². The van der Waals surface area contributed by atoms with Crippen molar-refractivity contribution in [1.29, 1.82) is 0 Å². The summed E-state index contributed by atoms with van der Waals surface area (Å²) in [6, 6.07) is 5.26. The number of aryl methyl sites for hydroxylation is 1. The fourth-order valence-electron chi connectivity index (χ4n) is 2.66. The van der Waals surface area contributed by atoms with Crippen LogP contribution in [0.25, 0.3) is 11.4 Å². The Morgan fingerprint density at radius 3 is 2.70 bits per heavy atom. The zero-order valence-electron chi connectivity index (χ0n) is 13.1. The summed E-state index contributed by atoms with van der Waals surface area (Å²) < 4.78 is 5.33. The molecule has 0 amide bonds. The van der Waals surface area contributed by atoms with Crippen molar-refractivity contribution in [2.75, 3.05) is 39.8 Å². The SMILES string of the molecule is CN1CCN(CCCc2nc(-c3ccc(Cl)cc3Cl)no2)CC1. The lowest BCUT2D eigenvalue weighted by molar-refractivity contribution is 0.152. The molecule has 124 valence electrons. The highest BCUT2D eigenvalue weighted by atomic mass is 35.5. The average Bonchev–Trinajstić information content (AvgIpc) is 2.98.